The number of phosphoric acid groups is 1. The van der Waals surface area contributed by atoms with E-state index < -0.39 is 120 Å². The molecule has 1 saturated heterocycles. The normalized spacial score (nSPS) is 31.1. The molecule has 1 unspecified atom stereocenters. The Labute approximate surface area is 436 Å². The number of aliphatic imine (C=N–C) groups is 1. The fraction of sp³-hybridized carbons (Fsp3) is 0.447. The molecule has 18 nitrogen and oxygen atoms in total. The first-order chi connectivity index (χ1) is 31.0. The van der Waals surface area contributed by atoms with Crippen LogP contribution in [-0.2, 0) is 52.0 Å². The summed E-state index contributed by atoms with van der Waals surface area (Å²) >= 11 is 0. The van der Waals surface area contributed by atoms with Crippen LogP contribution in [-0.4, -0.2) is 105 Å². The second-order valence-corrected chi connectivity index (χ2v) is 19.0. The minimum Gasteiger partial charge on any atom is -0.858 e. The van der Waals surface area contributed by atoms with Crippen molar-refractivity contribution < 1.29 is 141 Å². The van der Waals surface area contributed by atoms with Gasteiger partial charge in [0.2, 0.25) is 0 Å². The molecule has 12 atom stereocenters. The number of ether oxygens (including phenoxy) is 5. The summed E-state index contributed by atoms with van der Waals surface area (Å²) in [6, 6.07) is 20.9. The van der Waals surface area contributed by atoms with Gasteiger partial charge in [0, 0.05) is 32.1 Å². The number of benzene rings is 3. The summed E-state index contributed by atoms with van der Waals surface area (Å²) in [6.07, 6.45) is -11.7. The zero-order valence-corrected chi connectivity index (χ0v) is 43.7. The number of Topliss-reactive ketones (excluding diaryl/α,β-unsaturated/α-hetero) is 1. The van der Waals surface area contributed by atoms with Gasteiger partial charge in [0.05, 0.1) is 29.6 Å². The fourth-order valence-corrected chi connectivity index (χ4v) is 10.8. The van der Waals surface area contributed by atoms with Gasteiger partial charge in [-0.25, -0.2) is 9.59 Å². The molecule has 2 bridgehead atoms. The number of rotatable bonds is 12. The van der Waals surface area contributed by atoms with Crippen LogP contribution in [0.15, 0.2) is 107 Å². The first-order valence-electron chi connectivity index (χ1n) is 21.1. The summed E-state index contributed by atoms with van der Waals surface area (Å²) in [5.41, 5.74) is -8.31. The molecule has 7 rings (SSSR count). The second kappa shape index (κ2) is 21.0. The van der Waals surface area contributed by atoms with Crippen LogP contribution in [0.3, 0.4) is 0 Å². The van der Waals surface area contributed by atoms with Gasteiger partial charge in [-0.15, -0.1) is 0 Å². The van der Waals surface area contributed by atoms with Crippen LogP contribution in [0.5, 0.6) is 0 Å². The zero-order chi connectivity index (χ0) is 48.1. The van der Waals surface area contributed by atoms with E-state index in [-0.39, 0.29) is 100.0 Å². The molecule has 3 fully saturated rings. The predicted octanol–water partition coefficient (Wildman–Crippen LogP) is -3.39. The molecular weight excluding hydrogens is 927 g/mol. The van der Waals surface area contributed by atoms with Crippen molar-refractivity contribution in [3.8, 4) is 0 Å². The molecule has 4 aliphatic rings. The first-order valence-corrected chi connectivity index (χ1v) is 22.6. The molecule has 0 radical (unpaired) electrons. The predicted molar refractivity (Wildman–Crippen MR) is 225 cm³/mol. The molecule has 68 heavy (non-hydrogen) atoms. The molecule has 0 aromatic heterocycles. The summed E-state index contributed by atoms with van der Waals surface area (Å²) < 4.78 is 47.7. The average molecular weight is 978 g/mol. The maximum Gasteiger partial charge on any atom is 1.00 e. The Hall–Kier alpha value is -3.59. The minimum absolute atomic E-state index is 0. The number of aliphatic hydroxyl groups is 2. The van der Waals surface area contributed by atoms with Gasteiger partial charge in [-0.2, -0.15) is 0 Å². The number of hydrogen-bond acceptors (Lipinski definition) is 17. The number of aliphatic hydroxyl groups excluding tert-OH is 1. The van der Waals surface area contributed by atoms with Gasteiger partial charge >= 0.3 is 83.0 Å². The van der Waals surface area contributed by atoms with Crippen molar-refractivity contribution in [1.29, 1.82) is 0 Å². The van der Waals surface area contributed by atoms with Gasteiger partial charge in [-0.1, -0.05) is 92.7 Å². The number of ketones is 1. The van der Waals surface area contributed by atoms with Crippen LogP contribution >= 0.6 is 7.82 Å². The molecule has 3 aromatic carbocycles. The van der Waals surface area contributed by atoms with E-state index in [1.54, 1.807) is 42.5 Å². The molecule has 1 heterocycles. The van der Waals surface area contributed by atoms with Crippen LogP contribution in [0.25, 0.3) is 0 Å². The van der Waals surface area contributed by atoms with Crippen molar-refractivity contribution in [3.63, 3.8) is 0 Å². The average Bonchev–Trinajstić information content (AvgIpc) is 3.26. The smallest absolute Gasteiger partial charge is 0.858 e. The van der Waals surface area contributed by atoms with Crippen molar-refractivity contribution in [3.05, 3.63) is 119 Å². The maximum absolute atomic E-state index is 15.6. The van der Waals surface area contributed by atoms with E-state index >= 15 is 4.79 Å². The summed E-state index contributed by atoms with van der Waals surface area (Å²) in [4.78, 5) is 97.5. The van der Waals surface area contributed by atoms with Crippen LogP contribution in [0, 0.1) is 16.7 Å². The zero-order valence-electron chi connectivity index (χ0n) is 38.9. The number of esters is 4. The van der Waals surface area contributed by atoms with Crippen molar-refractivity contribution >= 4 is 43.4 Å². The maximum atomic E-state index is 15.6. The van der Waals surface area contributed by atoms with Crippen LogP contribution < -0.4 is 69.1 Å². The Morgan fingerprint density at radius 2 is 1.43 bits per heavy atom. The van der Waals surface area contributed by atoms with Gasteiger partial charge in [-0.3, -0.25) is 23.9 Å². The molecular formula is C47H50NNa2O17P. The number of hydrogen-bond donors (Lipinski definition) is 3. The van der Waals surface area contributed by atoms with Gasteiger partial charge in [0.15, 0.2) is 23.6 Å². The van der Waals surface area contributed by atoms with Gasteiger partial charge in [-0.05, 0) is 54.2 Å². The molecule has 21 heteroatoms. The third-order valence-electron chi connectivity index (χ3n) is 13.6. The summed E-state index contributed by atoms with van der Waals surface area (Å²) in [7, 11) is -5.86. The van der Waals surface area contributed by atoms with Crippen LogP contribution in [0.4, 0.5) is 0 Å². The van der Waals surface area contributed by atoms with E-state index in [9.17, 15) is 48.8 Å². The monoisotopic (exact) mass is 977 g/mol. The Morgan fingerprint density at radius 1 is 0.868 bits per heavy atom. The van der Waals surface area contributed by atoms with E-state index in [1.807, 2.05) is 0 Å². The molecule has 0 spiro atoms. The van der Waals surface area contributed by atoms with Crippen molar-refractivity contribution in [1.82, 2.24) is 0 Å². The van der Waals surface area contributed by atoms with E-state index in [2.05, 4.69) is 4.99 Å². The Balaban J connectivity index is 0.00000432. The van der Waals surface area contributed by atoms with Crippen molar-refractivity contribution in [2.45, 2.75) is 108 Å². The number of carbonyl (C=O) groups is 5. The second-order valence-electron chi connectivity index (χ2n) is 17.8. The summed E-state index contributed by atoms with van der Waals surface area (Å²) in [6.45, 7) is 7.48. The van der Waals surface area contributed by atoms with E-state index in [0.29, 0.717) is 0 Å². The van der Waals surface area contributed by atoms with Crippen molar-refractivity contribution in [2.75, 3.05) is 6.61 Å². The quantitative estimate of drug-likeness (QED) is 0.0304. The van der Waals surface area contributed by atoms with Crippen LogP contribution in [0.1, 0.15) is 81.9 Å². The minimum atomic E-state index is -5.86. The Bertz CT molecular complexity index is 2500. The first kappa shape index (κ1) is 55.3. The van der Waals surface area contributed by atoms with E-state index in [1.165, 1.54) is 76.2 Å². The third kappa shape index (κ3) is 10.1. The Morgan fingerprint density at radius 3 is 1.94 bits per heavy atom. The molecule has 1 aliphatic heterocycles. The van der Waals surface area contributed by atoms with E-state index in [0.717, 1.165) is 13.8 Å². The molecule has 2 saturated carbocycles. The molecule has 3 aliphatic carbocycles. The standard InChI is InChI=1S/C47H52NO17P.2Na/c1-25-31(62-43(55)37(65-66(57,58)59)35(28-16-10-7-11-17-28)48-41(53)29-18-12-8-13-19-29)23-47(56)40(63-42(54)30-20-14-9-15-21-30)38-45(6,32(51)22-33-46(38,24-60-33)64-27(3)50)39(52)36(61-26(2)49)34(25)44(47,4)5;;/h7-21,31-33,35-38,40,51,56H,22-24H2,1-6H3,(H,48,53)(H2,57,58,59);;/q;2*+1/p-2/t31-,32-,33+,35-,36+,37+,38-,40-,45+,46-,47+;;/m0../s1. The van der Waals surface area contributed by atoms with Crippen LogP contribution in [0.2, 0.25) is 0 Å². The molecule has 3 N–H and O–H groups in total. The SMILES string of the molecule is CC(=O)O[C@H]1C(=O)[C@@]2(C)[C@H]([C@H](OC(=O)c3ccccc3)[C@]3(O)C[C@H](OC(=O)[C@H](OP(=O)([O-])O)[C@@H](N=C([O-])c4ccccc4)c4ccccc4)C(C)=C1C3(C)C)[C@]1(OC(C)=O)CO[C@@H]1C[C@@H]2O.[Na+].[Na+]. The number of phosphoric ester groups is 1. The fourth-order valence-electron chi connectivity index (χ4n) is 10.3. The summed E-state index contributed by atoms with van der Waals surface area (Å²) in [5.74, 6) is -7.85. The van der Waals surface area contributed by atoms with Gasteiger partial charge < -0.3 is 53.3 Å². The largest absolute Gasteiger partial charge is 1.00 e. The topological polar surface area (TPSA) is 277 Å². The molecule has 0 amide bonds. The third-order valence-corrected chi connectivity index (χ3v) is 14.1. The Kier molecular flexibility index (Phi) is 17.1. The number of fused-ring (bicyclic) bond motifs is 5. The number of nitrogens with zero attached hydrogens (tertiary/aromatic N) is 1. The molecule has 3 aromatic rings. The van der Waals surface area contributed by atoms with E-state index in [4.69, 9.17) is 28.2 Å². The molecule has 352 valence electrons. The number of carbonyl (C=O) groups excluding carboxylic acids is 5. The van der Waals surface area contributed by atoms with Gasteiger partial charge in [0.25, 0.3) is 7.82 Å². The van der Waals surface area contributed by atoms with Crippen molar-refractivity contribution in [2.24, 2.45) is 21.7 Å². The van der Waals surface area contributed by atoms with Gasteiger partial charge in [0.1, 0.15) is 30.0 Å². The summed E-state index contributed by atoms with van der Waals surface area (Å²) in [5, 5.41) is 39.4.